The minimum Gasteiger partial charge on any atom is -0.380 e. The van der Waals surface area contributed by atoms with Crippen LogP contribution >= 0.6 is 0 Å². The summed E-state index contributed by atoms with van der Waals surface area (Å²) in [5.74, 6) is 0.851. The molecule has 0 radical (unpaired) electrons. The average molecular weight is 353 g/mol. The summed E-state index contributed by atoms with van der Waals surface area (Å²) in [5, 5.41) is 2.80. The molecule has 1 N–H and O–H groups in total. The maximum atomic E-state index is 11.8. The van der Waals surface area contributed by atoms with Crippen molar-refractivity contribution in [2.45, 2.75) is 58.8 Å². The van der Waals surface area contributed by atoms with Gasteiger partial charge in [0.25, 0.3) is 0 Å². The van der Waals surface area contributed by atoms with Crippen molar-refractivity contribution in [3.63, 3.8) is 0 Å². The van der Waals surface area contributed by atoms with E-state index in [0.29, 0.717) is 18.4 Å². The fraction of sp³-hybridized carbons (Fsp3) is 0.900. The topological polar surface area (TPSA) is 58.6 Å². The lowest BCUT2D eigenvalue weighted by molar-refractivity contribution is -0.126. The number of piperidine rings is 1. The predicted octanol–water partition coefficient (Wildman–Crippen LogP) is 2.64. The Bertz CT molecular complexity index is 432. The van der Waals surface area contributed by atoms with Crippen LogP contribution in [0.1, 0.15) is 58.8 Å². The summed E-state index contributed by atoms with van der Waals surface area (Å²) < 4.78 is 5.64. The second kappa shape index (κ2) is 9.67. The van der Waals surface area contributed by atoms with Gasteiger partial charge >= 0.3 is 0 Å². The molecule has 0 bridgehead atoms. The maximum Gasteiger partial charge on any atom is 0.222 e. The van der Waals surface area contributed by atoms with E-state index in [1.165, 1.54) is 25.7 Å². The fourth-order valence-electron chi connectivity index (χ4n) is 4.20. The third-order valence-electron chi connectivity index (χ3n) is 6.27. The summed E-state index contributed by atoms with van der Waals surface area (Å²) in [5.41, 5.74) is 0.478. The zero-order valence-corrected chi connectivity index (χ0v) is 16.3. The van der Waals surface area contributed by atoms with Gasteiger partial charge in [-0.05, 0) is 57.0 Å². The molecule has 0 aromatic heterocycles. The molecule has 25 heavy (non-hydrogen) atoms. The quantitative estimate of drug-likeness (QED) is 0.682. The Morgan fingerprint density at radius 1 is 1.12 bits per heavy atom. The molecule has 2 rings (SSSR count). The summed E-state index contributed by atoms with van der Waals surface area (Å²) in [6, 6.07) is 0. The monoisotopic (exact) mass is 352 g/mol. The van der Waals surface area contributed by atoms with Crippen LogP contribution in [0, 0.1) is 17.3 Å². The van der Waals surface area contributed by atoms with Crippen molar-refractivity contribution < 1.29 is 14.3 Å². The van der Waals surface area contributed by atoms with Gasteiger partial charge < -0.3 is 15.0 Å². The first-order valence-electron chi connectivity index (χ1n) is 10.0. The first-order valence-corrected chi connectivity index (χ1v) is 10.0. The molecule has 5 nitrogen and oxygen atoms in total. The van der Waals surface area contributed by atoms with Crippen molar-refractivity contribution in [1.29, 1.82) is 0 Å². The zero-order chi connectivity index (χ0) is 18.3. The first-order chi connectivity index (χ1) is 12.0. The lowest BCUT2D eigenvalue weighted by Gasteiger charge is -2.45. The number of nitrogens with one attached hydrogen (secondary N) is 1. The zero-order valence-electron chi connectivity index (χ0n) is 16.3. The molecule has 2 fully saturated rings. The highest BCUT2D eigenvalue weighted by atomic mass is 16.5. The van der Waals surface area contributed by atoms with Gasteiger partial charge in [-0.25, -0.2) is 0 Å². The second-order valence-corrected chi connectivity index (χ2v) is 8.21. The van der Waals surface area contributed by atoms with Gasteiger partial charge in [0.1, 0.15) is 5.78 Å². The lowest BCUT2D eigenvalue weighted by atomic mass is 9.65. The van der Waals surface area contributed by atoms with Crippen LogP contribution in [0.3, 0.4) is 0 Å². The molecule has 1 amide bonds. The number of ether oxygens (including phenoxy) is 1. The van der Waals surface area contributed by atoms with Crippen molar-refractivity contribution in [2.24, 2.45) is 17.3 Å². The van der Waals surface area contributed by atoms with Gasteiger partial charge in [-0.1, -0.05) is 13.8 Å². The average Bonchev–Trinajstić information content (AvgIpc) is 2.63. The van der Waals surface area contributed by atoms with Crippen LogP contribution in [-0.2, 0) is 14.3 Å². The van der Waals surface area contributed by atoms with Gasteiger partial charge in [-0.2, -0.15) is 0 Å². The standard InChI is InChI=1S/C20H36N2O3/c1-16(2)18(23)6-14-25-15-13-22-11-9-20(10-12-22)7-4-17(5-8-20)19(24)21-3/h16-17H,4-15H2,1-3H3,(H,21,24). The number of likely N-dealkylation sites (tertiary alicyclic amines) is 1. The summed E-state index contributed by atoms with van der Waals surface area (Å²) in [7, 11) is 1.74. The highest BCUT2D eigenvalue weighted by Crippen LogP contribution is 2.46. The van der Waals surface area contributed by atoms with Crippen LogP contribution in [0.5, 0.6) is 0 Å². The molecule has 0 atom stereocenters. The third-order valence-corrected chi connectivity index (χ3v) is 6.27. The molecular weight excluding hydrogens is 316 g/mol. The van der Waals surface area contributed by atoms with Gasteiger partial charge in [0.05, 0.1) is 13.2 Å². The number of hydrogen-bond acceptors (Lipinski definition) is 4. The van der Waals surface area contributed by atoms with E-state index in [4.69, 9.17) is 4.74 Å². The number of ketones is 1. The van der Waals surface area contributed by atoms with E-state index in [1.807, 2.05) is 13.8 Å². The Morgan fingerprint density at radius 3 is 2.32 bits per heavy atom. The van der Waals surface area contributed by atoms with Crippen LogP contribution in [0.25, 0.3) is 0 Å². The number of nitrogens with zero attached hydrogens (tertiary/aromatic N) is 1. The van der Waals surface area contributed by atoms with Gasteiger partial charge in [0.15, 0.2) is 0 Å². The summed E-state index contributed by atoms with van der Waals surface area (Å²) in [6.07, 6.45) is 7.53. The van der Waals surface area contributed by atoms with Gasteiger partial charge in [-0.3, -0.25) is 9.59 Å². The van der Waals surface area contributed by atoms with E-state index in [2.05, 4.69) is 10.2 Å². The molecule has 2 aliphatic rings. The highest BCUT2D eigenvalue weighted by molar-refractivity contribution is 5.80. The van der Waals surface area contributed by atoms with Crippen LogP contribution in [0.15, 0.2) is 0 Å². The Labute approximate surface area is 152 Å². The van der Waals surface area contributed by atoms with E-state index in [-0.39, 0.29) is 23.5 Å². The normalized spacial score (nSPS) is 21.6. The molecule has 1 spiro atoms. The fourth-order valence-corrected chi connectivity index (χ4v) is 4.20. The van der Waals surface area contributed by atoms with Crippen molar-refractivity contribution >= 4 is 11.7 Å². The van der Waals surface area contributed by atoms with E-state index in [1.54, 1.807) is 7.05 Å². The Balaban J connectivity index is 1.59. The van der Waals surface area contributed by atoms with E-state index in [9.17, 15) is 9.59 Å². The van der Waals surface area contributed by atoms with Crippen LogP contribution in [0.2, 0.25) is 0 Å². The summed E-state index contributed by atoms with van der Waals surface area (Å²) in [6.45, 7) is 8.39. The van der Waals surface area contributed by atoms with E-state index < -0.39 is 0 Å². The number of rotatable bonds is 8. The SMILES string of the molecule is CNC(=O)C1CCC2(CC1)CCN(CCOCCC(=O)C(C)C)CC2. The molecule has 1 heterocycles. The van der Waals surface area contributed by atoms with Crippen LogP contribution in [-0.4, -0.2) is 56.5 Å². The van der Waals surface area contributed by atoms with Gasteiger partial charge in [0.2, 0.25) is 5.91 Å². The predicted molar refractivity (Wildman–Crippen MR) is 99.4 cm³/mol. The minimum atomic E-state index is 0.111. The third kappa shape index (κ3) is 6.07. The summed E-state index contributed by atoms with van der Waals surface area (Å²) >= 11 is 0. The maximum absolute atomic E-state index is 11.8. The Morgan fingerprint density at radius 2 is 1.76 bits per heavy atom. The van der Waals surface area contributed by atoms with E-state index in [0.717, 1.165) is 39.1 Å². The largest absolute Gasteiger partial charge is 0.380 e. The van der Waals surface area contributed by atoms with Gasteiger partial charge in [-0.15, -0.1) is 0 Å². The molecule has 144 valence electrons. The molecule has 0 aromatic carbocycles. The van der Waals surface area contributed by atoms with Gasteiger partial charge in [0, 0.05) is 31.8 Å². The second-order valence-electron chi connectivity index (χ2n) is 8.21. The first kappa shape index (κ1) is 20.4. The molecule has 1 aliphatic carbocycles. The minimum absolute atomic E-state index is 0.111. The number of hydrogen-bond donors (Lipinski definition) is 1. The smallest absolute Gasteiger partial charge is 0.222 e. The van der Waals surface area contributed by atoms with Crippen LogP contribution in [0.4, 0.5) is 0 Å². The van der Waals surface area contributed by atoms with E-state index >= 15 is 0 Å². The van der Waals surface area contributed by atoms with Crippen molar-refractivity contribution in [3.8, 4) is 0 Å². The molecule has 5 heteroatoms. The Hall–Kier alpha value is -0.940. The number of amides is 1. The summed E-state index contributed by atoms with van der Waals surface area (Å²) in [4.78, 5) is 25.8. The highest BCUT2D eigenvalue weighted by Gasteiger charge is 2.39. The van der Waals surface area contributed by atoms with Crippen molar-refractivity contribution in [1.82, 2.24) is 10.2 Å². The molecule has 0 unspecified atom stereocenters. The Kier molecular flexibility index (Phi) is 7.88. The molecule has 1 saturated carbocycles. The molecular formula is C20H36N2O3. The number of Topliss-reactive ketones (excluding diaryl/α,β-unsaturated/α-hetero) is 1. The lowest BCUT2D eigenvalue weighted by Crippen LogP contribution is -2.44. The molecule has 0 aromatic rings. The molecule has 1 saturated heterocycles. The number of carbonyl (C=O) groups excluding carboxylic acids is 2. The number of carbonyl (C=O) groups is 2. The van der Waals surface area contributed by atoms with Crippen molar-refractivity contribution in [3.05, 3.63) is 0 Å². The van der Waals surface area contributed by atoms with Crippen LogP contribution < -0.4 is 5.32 Å². The molecule has 1 aliphatic heterocycles. The van der Waals surface area contributed by atoms with Crippen molar-refractivity contribution in [2.75, 3.05) is 39.9 Å².